The molecule has 2 nitrogen and oxygen atoms in total. The summed E-state index contributed by atoms with van der Waals surface area (Å²) in [4.78, 5) is 1.88. The lowest BCUT2D eigenvalue weighted by atomic mass is 10.0. The van der Waals surface area contributed by atoms with Crippen molar-refractivity contribution in [2.45, 2.75) is 49.1 Å². The second-order valence-electron chi connectivity index (χ2n) is 6.27. The van der Waals surface area contributed by atoms with Crippen LogP contribution in [0.25, 0.3) is 0 Å². The zero-order valence-corrected chi connectivity index (χ0v) is 15.2. The molecule has 2 unspecified atom stereocenters. The van der Waals surface area contributed by atoms with Crippen molar-refractivity contribution in [1.82, 2.24) is 0 Å². The Hall–Kier alpha value is -1.02. The van der Waals surface area contributed by atoms with E-state index in [0.717, 1.165) is 20.8 Å². The lowest BCUT2D eigenvalue weighted by Gasteiger charge is -2.33. The molecule has 0 bridgehead atoms. The lowest BCUT2D eigenvalue weighted by Crippen LogP contribution is -2.34. The molecule has 0 saturated heterocycles. The highest BCUT2D eigenvalue weighted by Gasteiger charge is 2.38. The largest absolute Gasteiger partial charge is 0.606 e. The third kappa shape index (κ3) is 2.36. The van der Waals surface area contributed by atoms with E-state index >= 15 is 0 Å². The van der Waals surface area contributed by atoms with E-state index in [1.54, 1.807) is 0 Å². The van der Waals surface area contributed by atoms with Gasteiger partial charge in [0.05, 0.1) is 5.30 Å². The molecule has 1 heterocycles. The number of nitrogen functional groups attached to an aromatic ring is 1. The van der Waals surface area contributed by atoms with Gasteiger partial charge in [-0.15, -0.1) is 0 Å². The molecule has 2 atom stereocenters. The van der Waals surface area contributed by atoms with Crippen molar-refractivity contribution in [2.75, 3.05) is 5.73 Å². The Morgan fingerprint density at radius 1 is 1.00 bits per heavy atom. The van der Waals surface area contributed by atoms with Crippen molar-refractivity contribution in [1.29, 1.82) is 0 Å². The van der Waals surface area contributed by atoms with E-state index in [9.17, 15) is 4.55 Å². The Morgan fingerprint density at radius 3 is 2.32 bits per heavy atom. The van der Waals surface area contributed by atoms with E-state index in [1.807, 2.05) is 24.3 Å². The van der Waals surface area contributed by atoms with E-state index in [2.05, 4.69) is 39.8 Å². The summed E-state index contributed by atoms with van der Waals surface area (Å²) in [5, 5.41) is 2.37. The molecule has 2 N–H and O–H groups in total. The zero-order valence-electron chi connectivity index (χ0n) is 13.5. The Kier molecular flexibility index (Phi) is 4.24. The monoisotopic (exact) mass is 331 g/mol. The molecule has 1 aliphatic heterocycles. The lowest BCUT2D eigenvalue weighted by molar-refractivity contribution is 0.596. The van der Waals surface area contributed by atoms with Gasteiger partial charge in [-0.05, 0) is 43.3 Å². The summed E-state index contributed by atoms with van der Waals surface area (Å²) in [5.74, 6) is 0.375. The van der Waals surface area contributed by atoms with Gasteiger partial charge in [0.1, 0.15) is 0 Å². The number of hydrogen-bond donors (Lipinski definition) is 1. The van der Waals surface area contributed by atoms with E-state index in [1.165, 1.54) is 10.9 Å². The average molecular weight is 331 g/mol. The van der Waals surface area contributed by atoms with E-state index in [-0.39, 0.29) is 0 Å². The number of fused-ring (bicyclic) bond motifs is 2. The summed E-state index contributed by atoms with van der Waals surface area (Å²) in [6.07, 6.45) is 0. The van der Waals surface area contributed by atoms with Crippen LogP contribution in [0, 0.1) is 0 Å². The summed E-state index contributed by atoms with van der Waals surface area (Å²) in [7, 11) is -0.569. The first-order valence-electron chi connectivity index (χ1n) is 7.66. The summed E-state index contributed by atoms with van der Waals surface area (Å²) in [6.45, 7) is 8.79. The van der Waals surface area contributed by atoms with Gasteiger partial charge in [-0.1, -0.05) is 45.9 Å². The molecule has 0 saturated carbocycles. The molecule has 2 aromatic carbocycles. The van der Waals surface area contributed by atoms with Crippen LogP contribution in [0.4, 0.5) is 5.69 Å². The first kappa shape index (κ1) is 15.9. The first-order chi connectivity index (χ1) is 10.4. The van der Waals surface area contributed by atoms with Gasteiger partial charge < -0.3 is 10.3 Å². The van der Waals surface area contributed by atoms with Gasteiger partial charge >= 0.3 is 0 Å². The topological polar surface area (TPSA) is 49.1 Å². The summed E-state index contributed by atoms with van der Waals surface area (Å²) >= 11 is -1.12. The molecule has 0 aliphatic carbocycles. The van der Waals surface area contributed by atoms with Crippen molar-refractivity contribution in [3.8, 4) is 0 Å². The highest BCUT2D eigenvalue weighted by molar-refractivity contribution is 7.94. The summed E-state index contributed by atoms with van der Waals surface area (Å²) < 4.78 is 13.0. The van der Waals surface area contributed by atoms with Crippen LogP contribution in [0.3, 0.4) is 0 Å². The van der Waals surface area contributed by atoms with Crippen LogP contribution in [-0.4, -0.2) is 10.2 Å². The number of anilines is 1. The second kappa shape index (κ2) is 5.88. The fourth-order valence-electron chi connectivity index (χ4n) is 3.09. The summed E-state index contributed by atoms with van der Waals surface area (Å²) in [5.41, 5.74) is 9.03. The Labute approximate surface area is 137 Å². The van der Waals surface area contributed by atoms with Crippen molar-refractivity contribution in [3.63, 3.8) is 0 Å². The number of nitrogens with two attached hydrogens (primary N) is 1. The molecule has 0 spiro atoms. The van der Waals surface area contributed by atoms with Crippen molar-refractivity contribution in [3.05, 3.63) is 42.0 Å². The maximum absolute atomic E-state index is 13.0. The minimum Gasteiger partial charge on any atom is -0.606 e. The molecular weight excluding hydrogens is 309 g/mol. The third-order valence-electron chi connectivity index (χ3n) is 4.12. The van der Waals surface area contributed by atoms with Crippen LogP contribution in [-0.2, 0) is 11.2 Å². The SMILES string of the molecule is CC(C)c1ccc2c(c1N)P(C(C)C)c1ccccc1[S+]2[O-]. The quantitative estimate of drug-likeness (QED) is 0.518. The molecule has 0 aromatic heterocycles. The zero-order chi connectivity index (χ0) is 16.0. The molecular formula is C18H22NOPS. The van der Waals surface area contributed by atoms with Gasteiger partial charge in [0.2, 0.25) is 0 Å². The molecule has 3 rings (SSSR count). The molecule has 22 heavy (non-hydrogen) atoms. The highest BCUT2D eigenvalue weighted by atomic mass is 32.2. The molecule has 1 aliphatic rings. The standard InChI is InChI=1S/C18H22NOPS/c1-11(2)13-9-10-16-18(17(13)19)21(12(3)4)14-7-5-6-8-15(14)22(16)20/h5-12H,19H2,1-4H3. The molecule has 2 aromatic rings. The minimum atomic E-state index is -1.12. The predicted octanol–water partition coefficient (Wildman–Crippen LogP) is 3.71. The van der Waals surface area contributed by atoms with Crippen LogP contribution in [0.5, 0.6) is 0 Å². The van der Waals surface area contributed by atoms with Crippen LogP contribution < -0.4 is 16.3 Å². The number of benzene rings is 2. The molecule has 116 valence electrons. The number of rotatable bonds is 2. The molecule has 0 fully saturated rings. The minimum absolute atomic E-state index is 0.375. The van der Waals surface area contributed by atoms with Crippen LogP contribution in [0.2, 0.25) is 0 Å². The Balaban J connectivity index is 2.31. The Morgan fingerprint density at radius 2 is 1.68 bits per heavy atom. The van der Waals surface area contributed by atoms with Crippen molar-refractivity contribution < 1.29 is 4.55 Å². The predicted molar refractivity (Wildman–Crippen MR) is 97.4 cm³/mol. The van der Waals surface area contributed by atoms with Gasteiger partial charge in [0.25, 0.3) is 0 Å². The number of hydrogen-bond acceptors (Lipinski definition) is 2. The normalized spacial score (nSPS) is 20.1. The van der Waals surface area contributed by atoms with Gasteiger partial charge in [-0.3, -0.25) is 0 Å². The molecule has 0 radical (unpaired) electrons. The van der Waals surface area contributed by atoms with E-state index < -0.39 is 19.1 Å². The second-order valence-corrected chi connectivity index (χ2v) is 10.4. The van der Waals surface area contributed by atoms with Crippen LogP contribution in [0.1, 0.15) is 39.2 Å². The maximum atomic E-state index is 13.0. The smallest absolute Gasteiger partial charge is 0.168 e. The summed E-state index contributed by atoms with van der Waals surface area (Å²) in [6, 6.07) is 12.2. The van der Waals surface area contributed by atoms with Crippen LogP contribution >= 0.6 is 7.92 Å². The van der Waals surface area contributed by atoms with E-state index in [0.29, 0.717) is 11.6 Å². The Bertz CT molecular complexity index is 714. The fraction of sp³-hybridized carbons (Fsp3) is 0.333. The van der Waals surface area contributed by atoms with Gasteiger partial charge in [0, 0.05) is 22.2 Å². The van der Waals surface area contributed by atoms with Crippen molar-refractivity contribution >= 4 is 35.4 Å². The fourth-order valence-corrected chi connectivity index (χ4v) is 7.93. The van der Waals surface area contributed by atoms with Gasteiger partial charge in [-0.2, -0.15) is 0 Å². The molecule has 0 amide bonds. The van der Waals surface area contributed by atoms with Gasteiger partial charge in [0.15, 0.2) is 9.79 Å². The molecule has 4 heteroatoms. The van der Waals surface area contributed by atoms with E-state index in [4.69, 9.17) is 5.73 Å². The first-order valence-corrected chi connectivity index (χ1v) is 10.2. The van der Waals surface area contributed by atoms with Gasteiger partial charge in [-0.25, -0.2) is 0 Å². The maximum Gasteiger partial charge on any atom is 0.168 e. The highest BCUT2D eigenvalue weighted by Crippen LogP contribution is 2.49. The van der Waals surface area contributed by atoms with Crippen molar-refractivity contribution in [2.24, 2.45) is 0 Å². The third-order valence-corrected chi connectivity index (χ3v) is 8.82. The van der Waals surface area contributed by atoms with Crippen LogP contribution in [0.15, 0.2) is 46.2 Å². The average Bonchev–Trinajstić information content (AvgIpc) is 2.48.